The number of hydrogen-bond acceptors (Lipinski definition) is 3. The van der Waals surface area contributed by atoms with E-state index in [0.717, 1.165) is 36.5 Å². The van der Waals surface area contributed by atoms with Gasteiger partial charge in [0.25, 0.3) is 0 Å². The minimum atomic E-state index is 0.870. The lowest BCUT2D eigenvalue weighted by Crippen LogP contribution is -2.25. The van der Waals surface area contributed by atoms with Gasteiger partial charge in [-0.1, -0.05) is 6.92 Å². The van der Waals surface area contributed by atoms with Crippen LogP contribution in [0, 0.1) is 0 Å². The molecule has 90 valence electrons. The average Bonchev–Trinajstić information content (AvgIpc) is 2.30. The molecule has 4 heteroatoms. The molecule has 0 aromatic carbocycles. The summed E-state index contributed by atoms with van der Waals surface area (Å²) in [4.78, 5) is 6.79. The van der Waals surface area contributed by atoms with Gasteiger partial charge in [0, 0.05) is 35.9 Å². The molecule has 0 atom stereocenters. The van der Waals surface area contributed by atoms with Crippen LogP contribution in [0.4, 0.5) is 5.82 Å². The Morgan fingerprint density at radius 3 is 2.56 bits per heavy atom. The minimum absolute atomic E-state index is 0.870. The quantitative estimate of drug-likeness (QED) is 0.871. The van der Waals surface area contributed by atoms with Crippen molar-refractivity contribution in [2.75, 3.05) is 24.5 Å². The first-order chi connectivity index (χ1) is 7.72. The molecule has 0 saturated carbocycles. The van der Waals surface area contributed by atoms with Crippen LogP contribution in [-0.2, 0) is 6.54 Å². The first-order valence-electron chi connectivity index (χ1n) is 5.82. The molecule has 1 heterocycles. The van der Waals surface area contributed by atoms with Gasteiger partial charge in [-0.2, -0.15) is 0 Å². The number of nitrogens with one attached hydrogen (secondary N) is 1. The van der Waals surface area contributed by atoms with Crippen LogP contribution in [0.2, 0.25) is 0 Å². The average molecular weight is 286 g/mol. The van der Waals surface area contributed by atoms with Crippen LogP contribution in [0.5, 0.6) is 0 Å². The van der Waals surface area contributed by atoms with E-state index in [0.29, 0.717) is 0 Å². The molecule has 0 spiro atoms. The van der Waals surface area contributed by atoms with E-state index in [1.165, 1.54) is 5.56 Å². The SMILES string of the molecule is CCNCc1cc(Br)cnc1N(CC)CC. The van der Waals surface area contributed by atoms with Gasteiger partial charge < -0.3 is 10.2 Å². The first kappa shape index (κ1) is 13.5. The third-order valence-corrected chi connectivity index (χ3v) is 2.97. The van der Waals surface area contributed by atoms with Gasteiger partial charge in [-0.15, -0.1) is 0 Å². The lowest BCUT2D eigenvalue weighted by molar-refractivity contribution is 0.716. The van der Waals surface area contributed by atoms with Crippen molar-refractivity contribution in [2.24, 2.45) is 0 Å². The third-order valence-electron chi connectivity index (χ3n) is 2.54. The Kier molecular flexibility index (Phi) is 5.77. The van der Waals surface area contributed by atoms with Crippen molar-refractivity contribution in [3.05, 3.63) is 22.3 Å². The second-order valence-corrected chi connectivity index (χ2v) is 4.50. The lowest BCUT2D eigenvalue weighted by atomic mass is 10.2. The largest absolute Gasteiger partial charge is 0.357 e. The molecule has 0 aliphatic carbocycles. The molecule has 1 aromatic rings. The predicted octanol–water partition coefficient (Wildman–Crippen LogP) is 2.80. The van der Waals surface area contributed by atoms with E-state index in [4.69, 9.17) is 0 Å². The van der Waals surface area contributed by atoms with Crippen molar-refractivity contribution >= 4 is 21.7 Å². The molecule has 1 N–H and O–H groups in total. The van der Waals surface area contributed by atoms with E-state index in [1.54, 1.807) is 0 Å². The molecule has 1 rings (SSSR count). The Hall–Kier alpha value is -0.610. The molecule has 0 bridgehead atoms. The second kappa shape index (κ2) is 6.86. The number of halogens is 1. The summed E-state index contributed by atoms with van der Waals surface area (Å²) >= 11 is 3.47. The van der Waals surface area contributed by atoms with Crippen LogP contribution in [0.3, 0.4) is 0 Å². The Bertz CT molecular complexity index is 324. The van der Waals surface area contributed by atoms with Crippen LogP contribution in [0.25, 0.3) is 0 Å². The summed E-state index contributed by atoms with van der Waals surface area (Å²) in [5, 5.41) is 3.35. The zero-order valence-electron chi connectivity index (χ0n) is 10.3. The summed E-state index contributed by atoms with van der Waals surface area (Å²) in [5.41, 5.74) is 1.25. The summed E-state index contributed by atoms with van der Waals surface area (Å²) in [6.07, 6.45) is 1.86. The molecule has 0 radical (unpaired) electrons. The third kappa shape index (κ3) is 3.46. The van der Waals surface area contributed by atoms with Gasteiger partial charge in [0.05, 0.1) is 0 Å². The molecule has 0 saturated heterocycles. The van der Waals surface area contributed by atoms with Crippen LogP contribution in [-0.4, -0.2) is 24.6 Å². The monoisotopic (exact) mass is 285 g/mol. The van der Waals surface area contributed by atoms with Crippen LogP contribution in [0.1, 0.15) is 26.3 Å². The van der Waals surface area contributed by atoms with Crippen molar-refractivity contribution in [3.63, 3.8) is 0 Å². The fraction of sp³-hybridized carbons (Fsp3) is 0.583. The highest BCUT2D eigenvalue weighted by molar-refractivity contribution is 9.10. The number of pyridine rings is 1. The van der Waals surface area contributed by atoms with Gasteiger partial charge in [0.2, 0.25) is 0 Å². The van der Waals surface area contributed by atoms with Crippen molar-refractivity contribution in [1.82, 2.24) is 10.3 Å². The maximum atomic E-state index is 4.51. The first-order valence-corrected chi connectivity index (χ1v) is 6.62. The zero-order chi connectivity index (χ0) is 12.0. The highest BCUT2D eigenvalue weighted by Crippen LogP contribution is 2.21. The van der Waals surface area contributed by atoms with E-state index in [1.807, 2.05) is 6.20 Å². The van der Waals surface area contributed by atoms with Crippen molar-refractivity contribution in [3.8, 4) is 0 Å². The molecule has 0 aliphatic rings. The van der Waals surface area contributed by atoms with Gasteiger partial charge in [-0.3, -0.25) is 0 Å². The van der Waals surface area contributed by atoms with Crippen molar-refractivity contribution in [2.45, 2.75) is 27.3 Å². The fourth-order valence-corrected chi connectivity index (χ4v) is 2.05. The van der Waals surface area contributed by atoms with Crippen LogP contribution >= 0.6 is 15.9 Å². The van der Waals surface area contributed by atoms with Crippen LogP contribution in [0.15, 0.2) is 16.7 Å². The number of hydrogen-bond donors (Lipinski definition) is 1. The topological polar surface area (TPSA) is 28.2 Å². The standard InChI is InChI=1S/C12H20BrN3/c1-4-14-8-10-7-11(13)9-15-12(10)16(5-2)6-3/h7,9,14H,4-6,8H2,1-3H3. The number of rotatable bonds is 6. The van der Waals surface area contributed by atoms with Gasteiger partial charge >= 0.3 is 0 Å². The number of nitrogens with zero attached hydrogens (tertiary/aromatic N) is 2. The normalized spacial score (nSPS) is 10.5. The van der Waals surface area contributed by atoms with Crippen molar-refractivity contribution < 1.29 is 0 Å². The summed E-state index contributed by atoms with van der Waals surface area (Å²) < 4.78 is 1.04. The second-order valence-electron chi connectivity index (χ2n) is 3.59. The molecule has 0 aliphatic heterocycles. The molecule has 0 fully saturated rings. The Balaban J connectivity index is 2.96. The molecule has 1 aromatic heterocycles. The summed E-state index contributed by atoms with van der Waals surface area (Å²) in [5.74, 6) is 1.09. The maximum Gasteiger partial charge on any atom is 0.133 e. The molecule has 0 unspecified atom stereocenters. The van der Waals surface area contributed by atoms with Gasteiger partial charge in [0.1, 0.15) is 5.82 Å². The molecular weight excluding hydrogens is 266 g/mol. The van der Waals surface area contributed by atoms with Crippen molar-refractivity contribution in [1.29, 1.82) is 0 Å². The molecular formula is C12H20BrN3. The minimum Gasteiger partial charge on any atom is -0.357 e. The number of aromatic nitrogens is 1. The van der Waals surface area contributed by atoms with E-state index >= 15 is 0 Å². The van der Waals surface area contributed by atoms with E-state index in [9.17, 15) is 0 Å². The fourth-order valence-electron chi connectivity index (χ4n) is 1.67. The summed E-state index contributed by atoms with van der Waals surface area (Å²) in [7, 11) is 0. The van der Waals surface area contributed by atoms with Gasteiger partial charge in [0.15, 0.2) is 0 Å². The zero-order valence-corrected chi connectivity index (χ0v) is 11.8. The smallest absolute Gasteiger partial charge is 0.133 e. The Labute approximate surface area is 106 Å². The van der Waals surface area contributed by atoms with E-state index in [-0.39, 0.29) is 0 Å². The maximum absolute atomic E-state index is 4.51. The lowest BCUT2D eigenvalue weighted by Gasteiger charge is -2.23. The Morgan fingerprint density at radius 1 is 1.31 bits per heavy atom. The van der Waals surface area contributed by atoms with Crippen LogP contribution < -0.4 is 10.2 Å². The van der Waals surface area contributed by atoms with Gasteiger partial charge in [-0.25, -0.2) is 4.98 Å². The molecule has 3 nitrogen and oxygen atoms in total. The predicted molar refractivity (Wildman–Crippen MR) is 72.9 cm³/mol. The highest BCUT2D eigenvalue weighted by Gasteiger charge is 2.09. The summed E-state index contributed by atoms with van der Waals surface area (Å²) in [6.45, 7) is 10.3. The molecule has 0 amide bonds. The summed E-state index contributed by atoms with van der Waals surface area (Å²) in [6, 6.07) is 2.14. The van der Waals surface area contributed by atoms with Gasteiger partial charge in [-0.05, 0) is 42.4 Å². The van der Waals surface area contributed by atoms with E-state index < -0.39 is 0 Å². The molecule has 16 heavy (non-hydrogen) atoms. The number of anilines is 1. The van der Waals surface area contributed by atoms with E-state index in [2.05, 4.69) is 58.0 Å². The highest BCUT2D eigenvalue weighted by atomic mass is 79.9. The Morgan fingerprint density at radius 2 is 2.00 bits per heavy atom.